The van der Waals surface area contributed by atoms with Gasteiger partial charge in [0.15, 0.2) is 6.04 Å². The minimum absolute atomic E-state index is 0.0349. The van der Waals surface area contributed by atoms with Crippen molar-refractivity contribution in [3.8, 4) is 0 Å². The summed E-state index contributed by atoms with van der Waals surface area (Å²) >= 11 is 0. The molecule has 3 heterocycles. The van der Waals surface area contributed by atoms with Crippen LogP contribution in [0.1, 0.15) is 17.2 Å². The molecule has 5 rings (SSSR count). The van der Waals surface area contributed by atoms with E-state index in [4.69, 9.17) is 10.6 Å². The lowest BCUT2D eigenvalue weighted by Crippen LogP contribution is -2.68. The Bertz CT molecular complexity index is 1100. The van der Waals surface area contributed by atoms with Gasteiger partial charge in [-0.3, -0.25) is 9.80 Å². The monoisotopic (exact) mass is 431 g/mol. The van der Waals surface area contributed by atoms with E-state index in [9.17, 15) is 18.0 Å². The number of carbonyl (C=O) groups excluding carboxylic acids is 1. The molecule has 7 nitrogen and oxygen atoms in total. The van der Waals surface area contributed by atoms with E-state index >= 15 is 0 Å². The van der Waals surface area contributed by atoms with Crippen molar-refractivity contribution in [3.05, 3.63) is 59.7 Å². The van der Waals surface area contributed by atoms with Crippen molar-refractivity contribution in [2.45, 2.75) is 12.2 Å². The second kappa shape index (κ2) is 6.96. The van der Waals surface area contributed by atoms with Crippen LogP contribution in [0.3, 0.4) is 0 Å². The summed E-state index contributed by atoms with van der Waals surface area (Å²) in [6.45, 7) is 2.16. The number of alkyl halides is 3. The summed E-state index contributed by atoms with van der Waals surface area (Å²) in [6.07, 6.45) is -4.54. The van der Waals surface area contributed by atoms with E-state index in [2.05, 4.69) is 9.97 Å². The Morgan fingerprint density at radius 3 is 2.58 bits per heavy atom. The van der Waals surface area contributed by atoms with E-state index in [0.29, 0.717) is 37.3 Å². The Morgan fingerprint density at radius 2 is 1.94 bits per heavy atom. The van der Waals surface area contributed by atoms with Crippen LogP contribution in [0.15, 0.2) is 48.5 Å². The van der Waals surface area contributed by atoms with Crippen LogP contribution < -0.4 is 10.9 Å². The summed E-state index contributed by atoms with van der Waals surface area (Å²) < 4.78 is 45.2. The summed E-state index contributed by atoms with van der Waals surface area (Å²) in [4.78, 5) is 22.4. The van der Waals surface area contributed by atoms with E-state index in [-0.39, 0.29) is 22.8 Å². The fraction of sp³-hybridized carbons (Fsp3) is 0.333. The molecule has 2 aliphatic heterocycles. The third-order valence-electron chi connectivity index (χ3n) is 5.84. The van der Waals surface area contributed by atoms with Crippen molar-refractivity contribution in [3.63, 3.8) is 0 Å². The number of hydrogen-bond acceptors (Lipinski definition) is 5. The lowest BCUT2D eigenvalue weighted by atomic mass is 9.77. The highest BCUT2D eigenvalue weighted by Crippen LogP contribution is 2.40. The number of hydrogen-bond donors (Lipinski definition) is 2. The Labute approximate surface area is 175 Å². The number of hydrazine groups is 1. The summed E-state index contributed by atoms with van der Waals surface area (Å²) in [6, 6.07) is 10.7. The van der Waals surface area contributed by atoms with Gasteiger partial charge in [-0.15, -0.1) is 0 Å². The molecule has 0 saturated carbocycles. The molecule has 3 aromatic rings. The molecule has 0 aliphatic carbocycles. The van der Waals surface area contributed by atoms with Gasteiger partial charge < -0.3 is 14.6 Å². The van der Waals surface area contributed by atoms with Gasteiger partial charge in [0, 0.05) is 13.1 Å². The zero-order valence-corrected chi connectivity index (χ0v) is 16.4. The fourth-order valence-electron chi connectivity index (χ4n) is 4.16. The van der Waals surface area contributed by atoms with E-state index in [1.165, 1.54) is 12.1 Å². The highest BCUT2D eigenvalue weighted by Gasteiger charge is 2.52. The maximum Gasteiger partial charge on any atom is 0.416 e. The SMILES string of the molecule is NN(c1nc2ccccc2[nH]1)C(C(=O)N1CC2(COC2)C1)c1cccc(C(F)(F)F)c1. The number of fused-ring (bicyclic) bond motifs is 1. The zero-order chi connectivity index (χ0) is 21.8. The first-order valence-corrected chi connectivity index (χ1v) is 9.78. The maximum atomic E-state index is 13.4. The Balaban J connectivity index is 1.51. The number of likely N-dealkylation sites (tertiary alicyclic amines) is 1. The van der Waals surface area contributed by atoms with Crippen LogP contribution in [0.4, 0.5) is 19.1 Å². The number of amides is 1. The average molecular weight is 431 g/mol. The second-order valence-corrected chi connectivity index (χ2v) is 8.20. The molecule has 2 aliphatic rings. The first-order chi connectivity index (χ1) is 14.8. The largest absolute Gasteiger partial charge is 0.416 e. The summed E-state index contributed by atoms with van der Waals surface area (Å²) in [7, 11) is 0. The van der Waals surface area contributed by atoms with Crippen LogP contribution in [-0.4, -0.2) is 47.1 Å². The number of para-hydroxylation sites is 2. The highest BCUT2D eigenvalue weighted by atomic mass is 19.4. The molecule has 10 heteroatoms. The Morgan fingerprint density at radius 1 is 1.19 bits per heavy atom. The number of ether oxygens (including phenoxy) is 1. The highest BCUT2D eigenvalue weighted by molar-refractivity contribution is 5.88. The van der Waals surface area contributed by atoms with Gasteiger partial charge in [-0.05, 0) is 29.8 Å². The number of nitrogens with one attached hydrogen (secondary N) is 1. The van der Waals surface area contributed by atoms with Gasteiger partial charge in [0.25, 0.3) is 5.91 Å². The smallest absolute Gasteiger partial charge is 0.380 e. The summed E-state index contributed by atoms with van der Waals surface area (Å²) in [5.41, 5.74) is 0.615. The molecule has 0 radical (unpaired) electrons. The molecule has 2 fully saturated rings. The number of aromatic amines is 1. The van der Waals surface area contributed by atoms with Gasteiger partial charge in [0.2, 0.25) is 5.95 Å². The molecule has 1 unspecified atom stereocenters. The van der Waals surface area contributed by atoms with Crippen LogP contribution in [0, 0.1) is 5.41 Å². The predicted molar refractivity (Wildman–Crippen MR) is 107 cm³/mol. The van der Waals surface area contributed by atoms with Crippen molar-refractivity contribution in [1.29, 1.82) is 0 Å². The fourth-order valence-corrected chi connectivity index (χ4v) is 4.16. The van der Waals surface area contributed by atoms with Gasteiger partial charge in [0.05, 0.1) is 35.2 Å². The van der Waals surface area contributed by atoms with E-state index in [0.717, 1.165) is 17.1 Å². The molecule has 1 atom stereocenters. The third-order valence-corrected chi connectivity index (χ3v) is 5.84. The molecule has 2 aromatic carbocycles. The van der Waals surface area contributed by atoms with E-state index in [1.807, 2.05) is 12.1 Å². The zero-order valence-electron chi connectivity index (χ0n) is 16.4. The van der Waals surface area contributed by atoms with Crippen LogP contribution >= 0.6 is 0 Å². The number of anilines is 1. The van der Waals surface area contributed by atoms with Crippen LogP contribution in [-0.2, 0) is 15.7 Å². The Kier molecular flexibility index (Phi) is 4.45. The molecule has 0 bridgehead atoms. The number of nitrogens with zero attached hydrogens (tertiary/aromatic N) is 3. The van der Waals surface area contributed by atoms with Crippen molar-refractivity contribution in [1.82, 2.24) is 14.9 Å². The van der Waals surface area contributed by atoms with Crippen LogP contribution in [0.2, 0.25) is 0 Å². The number of H-pyrrole nitrogens is 1. The van der Waals surface area contributed by atoms with Gasteiger partial charge >= 0.3 is 6.18 Å². The van der Waals surface area contributed by atoms with Crippen molar-refractivity contribution in [2.75, 3.05) is 31.3 Å². The van der Waals surface area contributed by atoms with Gasteiger partial charge in [-0.2, -0.15) is 13.2 Å². The van der Waals surface area contributed by atoms with Gasteiger partial charge in [-0.1, -0.05) is 24.3 Å². The van der Waals surface area contributed by atoms with Crippen LogP contribution in [0.25, 0.3) is 11.0 Å². The molecule has 2 saturated heterocycles. The number of carbonyl (C=O) groups is 1. The number of nitrogens with two attached hydrogens (primary N) is 1. The molecule has 31 heavy (non-hydrogen) atoms. The average Bonchev–Trinajstić information content (AvgIpc) is 3.10. The number of imidazole rings is 1. The number of rotatable bonds is 4. The molecule has 3 N–H and O–H groups in total. The minimum Gasteiger partial charge on any atom is -0.380 e. The maximum absolute atomic E-state index is 13.4. The summed E-state index contributed by atoms with van der Waals surface area (Å²) in [5.74, 6) is 6.13. The van der Waals surface area contributed by atoms with E-state index in [1.54, 1.807) is 17.0 Å². The summed E-state index contributed by atoms with van der Waals surface area (Å²) in [5, 5.41) is 1.11. The Hall–Kier alpha value is -3.11. The molecule has 1 aromatic heterocycles. The number of aromatic nitrogens is 2. The normalized spacial score (nSPS) is 18.5. The standard InChI is InChI=1S/C21H20F3N5O2/c22-21(23,24)14-5-3-4-13(8-14)17(18(30)28-9-20(10-28)11-31-12-20)29(25)19-26-15-6-1-2-7-16(15)27-19/h1-8,17H,9-12,25H2,(H,26,27). The topological polar surface area (TPSA) is 87.5 Å². The van der Waals surface area contributed by atoms with Gasteiger partial charge in [0.1, 0.15) is 0 Å². The lowest BCUT2D eigenvalue weighted by molar-refractivity contribution is -0.196. The van der Waals surface area contributed by atoms with Crippen LogP contribution in [0.5, 0.6) is 0 Å². The van der Waals surface area contributed by atoms with Crippen molar-refractivity contribution < 1.29 is 22.7 Å². The number of benzene rings is 2. The molecule has 162 valence electrons. The third kappa shape index (κ3) is 3.41. The number of halogens is 3. The lowest BCUT2D eigenvalue weighted by Gasteiger charge is -2.55. The second-order valence-electron chi connectivity index (χ2n) is 8.20. The molecular weight excluding hydrogens is 411 g/mol. The predicted octanol–water partition coefficient (Wildman–Crippen LogP) is 2.86. The quantitative estimate of drug-likeness (QED) is 0.490. The first-order valence-electron chi connectivity index (χ1n) is 9.78. The molecular formula is C21H20F3N5O2. The van der Waals surface area contributed by atoms with Gasteiger partial charge in [-0.25, -0.2) is 10.8 Å². The van der Waals surface area contributed by atoms with Crippen molar-refractivity contribution in [2.24, 2.45) is 11.3 Å². The molecule has 1 amide bonds. The van der Waals surface area contributed by atoms with Crippen molar-refractivity contribution >= 4 is 22.9 Å². The first kappa shape index (κ1) is 19.8. The minimum atomic E-state index is -4.54. The van der Waals surface area contributed by atoms with E-state index < -0.39 is 17.8 Å². The molecule has 1 spiro atoms.